The van der Waals surface area contributed by atoms with Crippen LogP contribution in [0.1, 0.15) is 41.2 Å². The largest absolute Gasteiger partial charge is 0.357 e. The lowest BCUT2D eigenvalue weighted by atomic mass is 10.1. The summed E-state index contributed by atoms with van der Waals surface area (Å²) >= 11 is 0. The minimum Gasteiger partial charge on any atom is -0.357 e. The zero-order chi connectivity index (χ0) is 23.5. The molecule has 1 heterocycles. The molecule has 3 aromatic rings. The van der Waals surface area contributed by atoms with Gasteiger partial charge in [0.2, 0.25) is 0 Å². The molecule has 9 heteroatoms. The third kappa shape index (κ3) is 8.12. The van der Waals surface area contributed by atoms with Gasteiger partial charge < -0.3 is 20.5 Å². The molecule has 0 spiro atoms. The van der Waals surface area contributed by atoms with Crippen LogP contribution < -0.4 is 16.0 Å². The molecule has 0 saturated heterocycles. The van der Waals surface area contributed by atoms with E-state index in [9.17, 15) is 4.79 Å². The summed E-state index contributed by atoms with van der Waals surface area (Å²) in [4.78, 5) is 20.9. The van der Waals surface area contributed by atoms with E-state index >= 15 is 0 Å². The number of rotatable bonds is 10. The number of guanidine groups is 1. The van der Waals surface area contributed by atoms with Crippen LogP contribution in [0.2, 0.25) is 0 Å². The summed E-state index contributed by atoms with van der Waals surface area (Å²) < 4.78 is 5.29. The number of benzene rings is 2. The fourth-order valence-corrected chi connectivity index (χ4v) is 3.31. The first-order valence-corrected chi connectivity index (χ1v) is 11.4. The quantitative estimate of drug-likeness (QED) is 0.194. The van der Waals surface area contributed by atoms with Crippen LogP contribution in [0.5, 0.6) is 0 Å². The Morgan fingerprint density at radius 2 is 1.82 bits per heavy atom. The highest BCUT2D eigenvalue weighted by molar-refractivity contribution is 14.0. The number of hydrogen-bond donors (Lipinski definition) is 3. The van der Waals surface area contributed by atoms with Crippen molar-refractivity contribution in [1.82, 2.24) is 26.1 Å². The molecular formula is C25H33IN6O2. The van der Waals surface area contributed by atoms with E-state index in [0.29, 0.717) is 23.8 Å². The van der Waals surface area contributed by atoms with Gasteiger partial charge in [-0.2, -0.15) is 4.98 Å². The highest BCUT2D eigenvalue weighted by atomic mass is 127. The number of nitrogens with zero attached hydrogens (tertiary/aromatic N) is 3. The highest BCUT2D eigenvalue weighted by Gasteiger charge is 2.07. The van der Waals surface area contributed by atoms with Crippen LogP contribution in [0, 0.1) is 0 Å². The highest BCUT2D eigenvalue weighted by Crippen LogP contribution is 2.18. The molecule has 0 aliphatic carbocycles. The molecule has 0 aliphatic heterocycles. The lowest BCUT2D eigenvalue weighted by molar-refractivity contribution is 0.0963. The number of carbonyl (C=O) groups excluding carboxylic acids is 1. The lowest BCUT2D eigenvalue weighted by Crippen LogP contribution is -2.38. The first kappa shape index (κ1) is 27.3. The number of halogens is 1. The Hall–Kier alpha value is -2.95. The topological polar surface area (TPSA) is 104 Å². The number of carbonyl (C=O) groups is 1. The number of amides is 1. The van der Waals surface area contributed by atoms with E-state index in [1.54, 1.807) is 7.05 Å². The van der Waals surface area contributed by atoms with E-state index in [0.717, 1.165) is 49.4 Å². The molecule has 0 unspecified atom stereocenters. The van der Waals surface area contributed by atoms with Crippen LogP contribution in [0.15, 0.2) is 58.0 Å². The predicted octanol–water partition coefficient (Wildman–Crippen LogP) is 3.62. The summed E-state index contributed by atoms with van der Waals surface area (Å²) in [5.41, 5.74) is 3.89. The fourth-order valence-electron chi connectivity index (χ4n) is 3.31. The van der Waals surface area contributed by atoms with Gasteiger partial charge in [0.25, 0.3) is 11.8 Å². The third-order valence-corrected chi connectivity index (χ3v) is 5.12. The van der Waals surface area contributed by atoms with E-state index in [4.69, 9.17) is 4.52 Å². The van der Waals surface area contributed by atoms with E-state index in [2.05, 4.69) is 43.2 Å². The van der Waals surface area contributed by atoms with Crippen LogP contribution in [-0.4, -0.2) is 48.7 Å². The number of aromatic nitrogens is 2. The van der Waals surface area contributed by atoms with Gasteiger partial charge in [0.15, 0.2) is 11.8 Å². The van der Waals surface area contributed by atoms with Gasteiger partial charge in [0.1, 0.15) is 0 Å². The third-order valence-electron chi connectivity index (χ3n) is 5.12. The van der Waals surface area contributed by atoms with Crippen LogP contribution in [0.25, 0.3) is 11.5 Å². The summed E-state index contributed by atoms with van der Waals surface area (Å²) in [5.74, 6) is 1.98. The van der Waals surface area contributed by atoms with E-state index < -0.39 is 0 Å². The van der Waals surface area contributed by atoms with Gasteiger partial charge in [-0.05, 0) is 55.2 Å². The van der Waals surface area contributed by atoms with Crippen molar-refractivity contribution in [3.8, 4) is 11.5 Å². The van der Waals surface area contributed by atoms with Crippen LogP contribution in [0.4, 0.5) is 0 Å². The van der Waals surface area contributed by atoms with E-state index in [-0.39, 0.29) is 29.9 Å². The Morgan fingerprint density at radius 3 is 2.50 bits per heavy atom. The molecule has 1 amide bonds. The zero-order valence-electron chi connectivity index (χ0n) is 19.9. The molecule has 34 heavy (non-hydrogen) atoms. The summed E-state index contributed by atoms with van der Waals surface area (Å²) in [7, 11) is 1.64. The second-order valence-corrected chi connectivity index (χ2v) is 7.53. The molecule has 182 valence electrons. The molecule has 0 aliphatic rings. The molecule has 2 aromatic carbocycles. The smallest absolute Gasteiger partial charge is 0.257 e. The maximum Gasteiger partial charge on any atom is 0.257 e. The first-order valence-electron chi connectivity index (χ1n) is 11.4. The van der Waals surface area contributed by atoms with Gasteiger partial charge in [0.05, 0.1) is 0 Å². The monoisotopic (exact) mass is 576 g/mol. The second-order valence-electron chi connectivity index (χ2n) is 7.53. The van der Waals surface area contributed by atoms with Crippen LogP contribution in [-0.2, 0) is 19.3 Å². The second kappa shape index (κ2) is 14.3. The molecule has 0 radical (unpaired) electrons. The molecule has 0 bridgehead atoms. The summed E-state index contributed by atoms with van der Waals surface area (Å²) in [6.07, 6.45) is 2.38. The average molecular weight is 576 g/mol. The van der Waals surface area contributed by atoms with E-state index in [1.807, 2.05) is 50.2 Å². The molecule has 0 atom stereocenters. The Morgan fingerprint density at radius 1 is 1.03 bits per heavy atom. The molecule has 3 N–H and O–H groups in total. The van der Waals surface area contributed by atoms with Crippen LogP contribution in [0.3, 0.4) is 0 Å². The van der Waals surface area contributed by atoms with Crippen molar-refractivity contribution in [2.75, 3.05) is 26.7 Å². The van der Waals surface area contributed by atoms with Crippen molar-refractivity contribution in [1.29, 1.82) is 0 Å². The Bertz CT molecular complexity index is 1070. The lowest BCUT2D eigenvalue weighted by Gasteiger charge is -2.12. The van der Waals surface area contributed by atoms with Gasteiger partial charge in [-0.1, -0.05) is 36.3 Å². The SMILES string of the molecule is CCNC(=NCCc1ccc(-c2nc(CC)no2)cc1)NCCc1cccc(C(=O)NC)c1.I. The van der Waals surface area contributed by atoms with Gasteiger partial charge >= 0.3 is 0 Å². The predicted molar refractivity (Wildman–Crippen MR) is 146 cm³/mol. The number of aliphatic imine (C=N–C) groups is 1. The van der Waals surface area contributed by atoms with Gasteiger partial charge in [-0.25, -0.2) is 0 Å². The molecule has 0 saturated carbocycles. The Kier molecular flexibility index (Phi) is 11.5. The summed E-state index contributed by atoms with van der Waals surface area (Å²) in [5, 5.41) is 13.2. The Labute approximate surface area is 218 Å². The maximum absolute atomic E-state index is 11.8. The molecule has 0 fully saturated rings. The molecule has 8 nitrogen and oxygen atoms in total. The van der Waals surface area contributed by atoms with Crippen molar-refractivity contribution < 1.29 is 9.32 Å². The van der Waals surface area contributed by atoms with Gasteiger partial charge in [-0.3, -0.25) is 9.79 Å². The Balaban J connectivity index is 0.00000408. The molecule has 1 aromatic heterocycles. The van der Waals surface area contributed by atoms with Crippen molar-refractivity contribution in [3.63, 3.8) is 0 Å². The molecular weight excluding hydrogens is 543 g/mol. The van der Waals surface area contributed by atoms with Gasteiger partial charge in [-0.15, -0.1) is 24.0 Å². The fraction of sp³-hybridized carbons (Fsp3) is 0.360. The van der Waals surface area contributed by atoms with Crippen molar-refractivity contribution in [2.24, 2.45) is 4.99 Å². The average Bonchev–Trinajstić information content (AvgIpc) is 3.33. The van der Waals surface area contributed by atoms with Crippen molar-refractivity contribution >= 4 is 35.8 Å². The first-order chi connectivity index (χ1) is 16.1. The minimum absolute atomic E-state index is 0. The summed E-state index contributed by atoms with van der Waals surface area (Å²) in [6, 6.07) is 15.8. The number of aryl methyl sites for hydroxylation is 1. The molecule has 3 rings (SSSR count). The van der Waals surface area contributed by atoms with E-state index in [1.165, 1.54) is 5.56 Å². The summed E-state index contributed by atoms with van der Waals surface area (Å²) in [6.45, 7) is 6.23. The minimum atomic E-state index is -0.0736. The number of hydrogen-bond acceptors (Lipinski definition) is 5. The number of nitrogens with one attached hydrogen (secondary N) is 3. The van der Waals surface area contributed by atoms with Crippen molar-refractivity contribution in [3.05, 3.63) is 71.0 Å². The zero-order valence-corrected chi connectivity index (χ0v) is 22.3. The normalized spacial score (nSPS) is 11.0. The van der Waals surface area contributed by atoms with Gasteiger partial charge in [0, 0.05) is 44.2 Å². The standard InChI is InChI=1S/C25H32N6O2.HI/c1-4-22-30-24(33-31-22)20-11-9-18(10-12-20)13-15-28-25(27-5-2)29-16-14-19-7-6-8-21(17-19)23(32)26-3;/h6-12,17H,4-5,13-16H2,1-3H3,(H,26,32)(H2,27,28,29);1H. The maximum atomic E-state index is 11.8. The van der Waals surface area contributed by atoms with Crippen molar-refractivity contribution in [2.45, 2.75) is 33.1 Å². The van der Waals surface area contributed by atoms with Crippen LogP contribution >= 0.6 is 24.0 Å².